The summed E-state index contributed by atoms with van der Waals surface area (Å²) in [5.41, 5.74) is 0.930. The van der Waals surface area contributed by atoms with Crippen LogP contribution in [0.1, 0.15) is 18.9 Å². The maximum absolute atomic E-state index is 12.1. The predicted octanol–water partition coefficient (Wildman–Crippen LogP) is 1.77. The highest BCUT2D eigenvalue weighted by Crippen LogP contribution is 2.18. The van der Waals surface area contributed by atoms with Gasteiger partial charge in [0.05, 0.1) is 13.5 Å². The summed E-state index contributed by atoms with van der Waals surface area (Å²) in [6.45, 7) is 4.09. The van der Waals surface area contributed by atoms with Gasteiger partial charge in [-0.05, 0) is 24.9 Å². The van der Waals surface area contributed by atoms with E-state index in [1.54, 1.807) is 7.11 Å². The zero-order chi connectivity index (χ0) is 13.7. The molecule has 0 bridgehead atoms. The Morgan fingerprint density at radius 2 is 2.20 bits per heavy atom. The molecule has 0 spiro atoms. The van der Waals surface area contributed by atoms with E-state index in [1.807, 2.05) is 24.3 Å². The molecule has 1 aromatic carbocycles. The van der Waals surface area contributed by atoms with Crippen LogP contribution in [-0.2, 0) is 11.2 Å². The number of para-hydroxylation sites is 1. The van der Waals surface area contributed by atoms with Gasteiger partial charge in [0.15, 0.2) is 0 Å². The molecule has 2 N–H and O–H groups in total. The zero-order valence-corrected chi connectivity index (χ0v) is 12.8. The fourth-order valence-corrected chi connectivity index (χ4v) is 2.46. The third kappa shape index (κ3) is 4.39. The third-order valence-corrected chi connectivity index (χ3v) is 3.72. The van der Waals surface area contributed by atoms with E-state index in [0.29, 0.717) is 12.3 Å². The van der Waals surface area contributed by atoms with Crippen LogP contribution in [-0.4, -0.2) is 32.1 Å². The highest BCUT2D eigenvalue weighted by Gasteiger charge is 2.22. The number of hydrogen-bond donors (Lipinski definition) is 2. The van der Waals surface area contributed by atoms with Crippen molar-refractivity contribution in [3.63, 3.8) is 0 Å². The lowest BCUT2D eigenvalue weighted by Crippen LogP contribution is -2.50. The Bertz CT molecular complexity index is 440. The van der Waals surface area contributed by atoms with Crippen LogP contribution >= 0.6 is 12.4 Å². The van der Waals surface area contributed by atoms with E-state index in [9.17, 15) is 4.79 Å². The van der Waals surface area contributed by atoms with Crippen LogP contribution in [0.25, 0.3) is 0 Å². The molecule has 0 saturated carbocycles. The first-order valence-corrected chi connectivity index (χ1v) is 6.82. The molecule has 1 fully saturated rings. The number of carbonyl (C=O) groups excluding carboxylic acids is 1. The maximum Gasteiger partial charge on any atom is 0.224 e. The number of amides is 1. The summed E-state index contributed by atoms with van der Waals surface area (Å²) in [7, 11) is 1.63. The van der Waals surface area contributed by atoms with Crippen LogP contribution in [0.3, 0.4) is 0 Å². The van der Waals surface area contributed by atoms with Crippen LogP contribution in [0.4, 0.5) is 0 Å². The van der Waals surface area contributed by atoms with Gasteiger partial charge in [-0.3, -0.25) is 4.79 Å². The van der Waals surface area contributed by atoms with Crippen molar-refractivity contribution in [2.75, 3.05) is 20.2 Å². The SMILES string of the molecule is COc1ccccc1CC(=O)NC1CNCCC1C.Cl. The molecule has 20 heavy (non-hydrogen) atoms. The van der Waals surface area contributed by atoms with E-state index in [-0.39, 0.29) is 24.4 Å². The van der Waals surface area contributed by atoms with E-state index in [4.69, 9.17) is 4.74 Å². The van der Waals surface area contributed by atoms with Crippen LogP contribution in [0.5, 0.6) is 5.75 Å². The summed E-state index contributed by atoms with van der Waals surface area (Å²) in [4.78, 5) is 12.1. The molecular formula is C15H23ClN2O2. The Hall–Kier alpha value is -1.26. The number of methoxy groups -OCH3 is 1. The molecule has 2 unspecified atom stereocenters. The van der Waals surface area contributed by atoms with Gasteiger partial charge in [-0.25, -0.2) is 0 Å². The highest BCUT2D eigenvalue weighted by atomic mass is 35.5. The molecule has 1 aromatic rings. The van der Waals surface area contributed by atoms with Gasteiger partial charge in [-0.15, -0.1) is 12.4 Å². The van der Waals surface area contributed by atoms with Gasteiger partial charge in [0.25, 0.3) is 0 Å². The maximum atomic E-state index is 12.1. The van der Waals surface area contributed by atoms with Gasteiger partial charge in [-0.2, -0.15) is 0 Å². The monoisotopic (exact) mass is 298 g/mol. The molecule has 4 nitrogen and oxygen atoms in total. The minimum Gasteiger partial charge on any atom is -0.496 e. The number of carbonyl (C=O) groups is 1. The van der Waals surface area contributed by atoms with Crippen molar-refractivity contribution in [3.05, 3.63) is 29.8 Å². The number of piperidine rings is 1. The molecule has 0 aromatic heterocycles. The summed E-state index contributed by atoms with van der Waals surface area (Å²) < 4.78 is 5.26. The van der Waals surface area contributed by atoms with E-state index >= 15 is 0 Å². The number of ether oxygens (including phenoxy) is 1. The molecule has 2 rings (SSSR count). The topological polar surface area (TPSA) is 50.4 Å². The predicted molar refractivity (Wildman–Crippen MR) is 82.5 cm³/mol. The Labute approximate surface area is 126 Å². The van der Waals surface area contributed by atoms with Crippen molar-refractivity contribution in [2.45, 2.75) is 25.8 Å². The van der Waals surface area contributed by atoms with Gasteiger partial charge in [0.2, 0.25) is 5.91 Å². The molecule has 112 valence electrons. The van der Waals surface area contributed by atoms with Crippen molar-refractivity contribution in [2.24, 2.45) is 5.92 Å². The van der Waals surface area contributed by atoms with Crippen molar-refractivity contribution >= 4 is 18.3 Å². The minimum absolute atomic E-state index is 0. The van der Waals surface area contributed by atoms with Crippen molar-refractivity contribution in [1.82, 2.24) is 10.6 Å². The van der Waals surface area contributed by atoms with Gasteiger partial charge < -0.3 is 15.4 Å². The largest absolute Gasteiger partial charge is 0.496 e. The molecule has 1 aliphatic heterocycles. The first-order chi connectivity index (χ1) is 9.20. The molecule has 5 heteroatoms. The average molecular weight is 299 g/mol. The van der Waals surface area contributed by atoms with Gasteiger partial charge >= 0.3 is 0 Å². The van der Waals surface area contributed by atoms with Crippen LogP contribution in [0.2, 0.25) is 0 Å². The molecule has 1 amide bonds. The first kappa shape index (κ1) is 16.8. The summed E-state index contributed by atoms with van der Waals surface area (Å²) in [6, 6.07) is 7.88. The highest BCUT2D eigenvalue weighted by molar-refractivity contribution is 5.85. The molecule has 1 saturated heterocycles. The average Bonchev–Trinajstić information content (AvgIpc) is 2.42. The normalized spacial score (nSPS) is 21.7. The van der Waals surface area contributed by atoms with E-state index in [0.717, 1.165) is 30.8 Å². The van der Waals surface area contributed by atoms with Gasteiger partial charge in [0.1, 0.15) is 5.75 Å². The molecule has 1 aliphatic rings. The second-order valence-corrected chi connectivity index (χ2v) is 5.13. The second kappa shape index (κ2) is 8.12. The van der Waals surface area contributed by atoms with Crippen LogP contribution in [0, 0.1) is 5.92 Å². The summed E-state index contributed by atoms with van der Waals surface area (Å²) in [6.07, 6.45) is 1.48. The molecule has 2 atom stereocenters. The number of halogens is 1. The fraction of sp³-hybridized carbons (Fsp3) is 0.533. The number of benzene rings is 1. The quantitative estimate of drug-likeness (QED) is 0.891. The van der Waals surface area contributed by atoms with E-state index < -0.39 is 0 Å². The molecule has 0 aliphatic carbocycles. The standard InChI is InChI=1S/C15H22N2O2.ClH/c1-11-7-8-16-10-13(11)17-15(18)9-12-5-3-4-6-14(12)19-2;/h3-6,11,13,16H,7-10H2,1-2H3,(H,17,18);1H. The van der Waals surface area contributed by atoms with Crippen molar-refractivity contribution in [1.29, 1.82) is 0 Å². The molecule has 0 radical (unpaired) electrons. The lowest BCUT2D eigenvalue weighted by Gasteiger charge is -2.30. The summed E-state index contributed by atoms with van der Waals surface area (Å²) in [5.74, 6) is 1.36. The third-order valence-electron chi connectivity index (χ3n) is 3.72. The lowest BCUT2D eigenvalue weighted by molar-refractivity contribution is -0.121. The summed E-state index contributed by atoms with van der Waals surface area (Å²) >= 11 is 0. The Morgan fingerprint density at radius 3 is 2.90 bits per heavy atom. The van der Waals surface area contributed by atoms with Crippen molar-refractivity contribution in [3.8, 4) is 5.75 Å². The Morgan fingerprint density at radius 1 is 1.45 bits per heavy atom. The molecule has 1 heterocycles. The van der Waals surface area contributed by atoms with Gasteiger partial charge in [0, 0.05) is 18.2 Å². The lowest BCUT2D eigenvalue weighted by atomic mass is 9.94. The number of rotatable bonds is 4. The Kier molecular flexibility index (Phi) is 6.82. The Balaban J connectivity index is 0.00000200. The first-order valence-electron chi connectivity index (χ1n) is 6.82. The smallest absolute Gasteiger partial charge is 0.224 e. The van der Waals surface area contributed by atoms with Gasteiger partial charge in [-0.1, -0.05) is 25.1 Å². The second-order valence-electron chi connectivity index (χ2n) is 5.13. The van der Waals surface area contributed by atoms with Crippen molar-refractivity contribution < 1.29 is 9.53 Å². The van der Waals surface area contributed by atoms with E-state index in [1.165, 1.54) is 0 Å². The van der Waals surface area contributed by atoms with E-state index in [2.05, 4.69) is 17.6 Å². The minimum atomic E-state index is 0. The summed E-state index contributed by atoms with van der Waals surface area (Å²) in [5, 5.41) is 6.43. The number of hydrogen-bond acceptors (Lipinski definition) is 3. The number of nitrogens with one attached hydrogen (secondary N) is 2. The fourth-order valence-electron chi connectivity index (χ4n) is 2.46. The zero-order valence-electron chi connectivity index (χ0n) is 12.0. The van der Waals surface area contributed by atoms with Crippen LogP contribution < -0.4 is 15.4 Å². The molecular weight excluding hydrogens is 276 g/mol. The van der Waals surface area contributed by atoms with Crippen LogP contribution in [0.15, 0.2) is 24.3 Å².